The Labute approximate surface area is 247 Å². The largest absolute Gasteiger partial charge is 0.445 e. The molecule has 10 nitrogen and oxygen atoms in total. The lowest BCUT2D eigenvalue weighted by Crippen LogP contribution is -2.59. The van der Waals surface area contributed by atoms with Gasteiger partial charge in [-0.15, -0.1) is 0 Å². The molecule has 2 aromatic carbocycles. The SMILES string of the molecule is CC(C)[C@H](NC(=O)[C@H](Cc1ccccc1)NC(=O)OCc1ccccc1)C(=O)N1CCC[C@H]1C(=O)N[C@H](C=O)C(C)C. The van der Waals surface area contributed by atoms with E-state index in [1.807, 2.05) is 88.4 Å². The number of hydrogen-bond acceptors (Lipinski definition) is 6. The maximum absolute atomic E-state index is 13.7. The monoisotopic (exact) mass is 578 g/mol. The van der Waals surface area contributed by atoms with E-state index < -0.39 is 36.2 Å². The molecule has 1 heterocycles. The molecule has 2 aromatic rings. The molecular weight excluding hydrogens is 536 g/mol. The maximum Gasteiger partial charge on any atom is 0.408 e. The number of carbonyl (C=O) groups excluding carboxylic acids is 5. The Morgan fingerprint density at radius 1 is 0.881 bits per heavy atom. The first-order chi connectivity index (χ1) is 20.1. The Bertz CT molecular complexity index is 1200. The molecule has 1 aliphatic heterocycles. The van der Waals surface area contributed by atoms with Crippen LogP contribution >= 0.6 is 0 Å². The second kappa shape index (κ2) is 15.7. The van der Waals surface area contributed by atoms with Crippen LogP contribution < -0.4 is 16.0 Å². The Morgan fingerprint density at radius 2 is 1.50 bits per heavy atom. The number of rotatable bonds is 13. The zero-order valence-corrected chi connectivity index (χ0v) is 24.7. The minimum absolute atomic E-state index is 0.0413. The summed E-state index contributed by atoms with van der Waals surface area (Å²) in [6, 6.07) is 15.1. The van der Waals surface area contributed by atoms with Crippen LogP contribution in [0.1, 0.15) is 51.7 Å². The van der Waals surface area contributed by atoms with Crippen molar-refractivity contribution >= 4 is 30.1 Å². The fraction of sp³-hybridized carbons (Fsp3) is 0.469. The van der Waals surface area contributed by atoms with E-state index in [0.29, 0.717) is 25.7 Å². The number of likely N-dealkylation sites (tertiary alicyclic amines) is 1. The van der Waals surface area contributed by atoms with Crippen LogP contribution in [0.5, 0.6) is 0 Å². The van der Waals surface area contributed by atoms with Crippen molar-refractivity contribution in [2.45, 2.75) is 77.7 Å². The lowest BCUT2D eigenvalue weighted by molar-refractivity contribution is -0.143. The molecule has 1 aliphatic rings. The topological polar surface area (TPSA) is 134 Å². The molecule has 0 aliphatic carbocycles. The van der Waals surface area contributed by atoms with Gasteiger partial charge in [0.05, 0.1) is 6.04 Å². The van der Waals surface area contributed by atoms with Crippen molar-refractivity contribution in [3.8, 4) is 0 Å². The summed E-state index contributed by atoms with van der Waals surface area (Å²) in [4.78, 5) is 66.0. The molecule has 10 heteroatoms. The van der Waals surface area contributed by atoms with E-state index in [1.54, 1.807) is 0 Å². The van der Waals surface area contributed by atoms with Crippen molar-refractivity contribution in [2.24, 2.45) is 11.8 Å². The highest BCUT2D eigenvalue weighted by Gasteiger charge is 2.40. The van der Waals surface area contributed by atoms with Gasteiger partial charge in [-0.1, -0.05) is 88.4 Å². The number of nitrogens with one attached hydrogen (secondary N) is 3. The first-order valence-electron chi connectivity index (χ1n) is 14.5. The number of nitrogens with zero attached hydrogens (tertiary/aromatic N) is 1. The Morgan fingerprint density at radius 3 is 2.07 bits per heavy atom. The molecule has 3 N–H and O–H groups in total. The Kier molecular flexibility index (Phi) is 12.1. The van der Waals surface area contributed by atoms with E-state index in [1.165, 1.54) is 4.90 Å². The first-order valence-corrected chi connectivity index (χ1v) is 14.5. The molecule has 226 valence electrons. The number of alkyl carbamates (subject to hydrolysis) is 1. The van der Waals surface area contributed by atoms with Crippen LogP contribution in [0.3, 0.4) is 0 Å². The fourth-order valence-electron chi connectivity index (χ4n) is 4.83. The molecule has 0 saturated carbocycles. The van der Waals surface area contributed by atoms with Gasteiger partial charge in [0.2, 0.25) is 17.7 Å². The number of ether oxygens (including phenoxy) is 1. The van der Waals surface area contributed by atoms with E-state index in [0.717, 1.165) is 11.1 Å². The second-order valence-electron chi connectivity index (χ2n) is 11.3. The predicted molar refractivity (Wildman–Crippen MR) is 158 cm³/mol. The zero-order valence-electron chi connectivity index (χ0n) is 24.7. The van der Waals surface area contributed by atoms with Gasteiger partial charge in [-0.25, -0.2) is 4.79 Å². The molecule has 0 spiro atoms. The predicted octanol–water partition coefficient (Wildman–Crippen LogP) is 3.00. The summed E-state index contributed by atoms with van der Waals surface area (Å²) in [5.74, 6) is -1.69. The normalized spacial score (nSPS) is 16.8. The van der Waals surface area contributed by atoms with E-state index in [-0.39, 0.29) is 36.7 Å². The summed E-state index contributed by atoms with van der Waals surface area (Å²) >= 11 is 0. The summed E-state index contributed by atoms with van der Waals surface area (Å²) in [7, 11) is 0. The first kappa shape index (κ1) is 32.3. The van der Waals surface area contributed by atoms with Gasteiger partial charge in [0.25, 0.3) is 0 Å². The van der Waals surface area contributed by atoms with Crippen LogP contribution in [0, 0.1) is 11.8 Å². The number of aldehydes is 1. The minimum Gasteiger partial charge on any atom is -0.445 e. The van der Waals surface area contributed by atoms with Crippen LogP contribution in [-0.4, -0.2) is 65.7 Å². The van der Waals surface area contributed by atoms with Crippen LogP contribution in [0.15, 0.2) is 60.7 Å². The molecule has 3 rings (SSSR count). The molecule has 0 unspecified atom stereocenters. The summed E-state index contributed by atoms with van der Waals surface area (Å²) in [5, 5.41) is 8.24. The average Bonchev–Trinajstić information content (AvgIpc) is 3.48. The average molecular weight is 579 g/mol. The molecule has 0 radical (unpaired) electrons. The third kappa shape index (κ3) is 9.15. The standard InChI is InChI=1S/C32H42N4O6/c1-21(2)26(19-37)33-30(39)27-16-11-17-36(27)31(40)28(22(3)4)35-29(38)25(18-23-12-7-5-8-13-23)34-32(41)42-20-24-14-9-6-10-15-24/h5-10,12-15,19,21-22,25-28H,11,16-18,20H2,1-4H3,(H,33,39)(H,34,41)(H,35,38)/t25-,26+,27-,28-/m0/s1. The lowest BCUT2D eigenvalue weighted by Gasteiger charge is -2.32. The third-order valence-corrected chi connectivity index (χ3v) is 7.35. The maximum atomic E-state index is 13.7. The lowest BCUT2D eigenvalue weighted by atomic mass is 10.00. The van der Waals surface area contributed by atoms with Crippen LogP contribution in [0.2, 0.25) is 0 Å². The minimum atomic E-state index is -1.01. The van der Waals surface area contributed by atoms with Gasteiger partial charge in [-0.2, -0.15) is 0 Å². The van der Waals surface area contributed by atoms with Crippen LogP contribution in [0.4, 0.5) is 4.79 Å². The van der Waals surface area contributed by atoms with Gasteiger partial charge in [-0.3, -0.25) is 14.4 Å². The van der Waals surface area contributed by atoms with E-state index in [9.17, 15) is 24.0 Å². The molecular formula is C32H42N4O6. The molecule has 4 amide bonds. The van der Waals surface area contributed by atoms with Gasteiger partial charge in [-0.05, 0) is 35.8 Å². The molecule has 0 aromatic heterocycles. The van der Waals surface area contributed by atoms with Crippen molar-refractivity contribution in [1.82, 2.24) is 20.9 Å². The van der Waals surface area contributed by atoms with Crippen molar-refractivity contribution < 1.29 is 28.7 Å². The zero-order chi connectivity index (χ0) is 30.6. The molecule has 1 saturated heterocycles. The van der Waals surface area contributed by atoms with Gasteiger partial charge < -0.3 is 30.4 Å². The summed E-state index contributed by atoms with van der Waals surface area (Å²) in [6.45, 7) is 7.68. The van der Waals surface area contributed by atoms with Crippen molar-refractivity contribution in [1.29, 1.82) is 0 Å². The molecule has 4 atom stereocenters. The van der Waals surface area contributed by atoms with Gasteiger partial charge in [0, 0.05) is 13.0 Å². The third-order valence-electron chi connectivity index (χ3n) is 7.35. The van der Waals surface area contributed by atoms with Crippen molar-refractivity contribution in [3.05, 3.63) is 71.8 Å². The van der Waals surface area contributed by atoms with Crippen molar-refractivity contribution in [2.75, 3.05) is 6.54 Å². The Hall–Kier alpha value is -4.21. The van der Waals surface area contributed by atoms with E-state index >= 15 is 0 Å². The second-order valence-corrected chi connectivity index (χ2v) is 11.3. The number of carbonyl (C=O) groups is 5. The molecule has 0 bridgehead atoms. The highest BCUT2D eigenvalue weighted by Crippen LogP contribution is 2.21. The summed E-state index contributed by atoms with van der Waals surface area (Å²) in [6.07, 6.45) is 1.22. The van der Waals surface area contributed by atoms with Crippen LogP contribution in [0.25, 0.3) is 0 Å². The van der Waals surface area contributed by atoms with Gasteiger partial charge >= 0.3 is 6.09 Å². The van der Waals surface area contributed by atoms with E-state index in [4.69, 9.17) is 4.74 Å². The Balaban J connectivity index is 1.72. The number of hydrogen-bond donors (Lipinski definition) is 3. The van der Waals surface area contributed by atoms with Gasteiger partial charge in [0.15, 0.2) is 0 Å². The number of amides is 4. The number of benzene rings is 2. The van der Waals surface area contributed by atoms with Gasteiger partial charge in [0.1, 0.15) is 31.0 Å². The smallest absolute Gasteiger partial charge is 0.408 e. The molecule has 1 fully saturated rings. The van der Waals surface area contributed by atoms with E-state index in [2.05, 4.69) is 16.0 Å². The van der Waals surface area contributed by atoms with Crippen LogP contribution in [-0.2, 0) is 36.9 Å². The highest BCUT2D eigenvalue weighted by atomic mass is 16.5. The quantitative estimate of drug-likeness (QED) is 0.313. The summed E-state index contributed by atoms with van der Waals surface area (Å²) < 4.78 is 5.35. The fourth-order valence-corrected chi connectivity index (χ4v) is 4.83. The highest BCUT2D eigenvalue weighted by molar-refractivity contribution is 5.95. The summed E-state index contributed by atoms with van der Waals surface area (Å²) in [5.41, 5.74) is 1.62. The van der Waals surface area contributed by atoms with Crippen molar-refractivity contribution in [3.63, 3.8) is 0 Å². The molecule has 42 heavy (non-hydrogen) atoms.